The fourth-order valence-electron chi connectivity index (χ4n) is 3.72. The molecular formula is C24H46O5. The predicted octanol–water partition coefficient (Wildman–Crippen LogP) is 4.52. The molecule has 29 heavy (non-hydrogen) atoms. The van der Waals surface area contributed by atoms with Crippen molar-refractivity contribution in [2.24, 2.45) is 0 Å². The Balaban J connectivity index is 1.79. The third-order valence-corrected chi connectivity index (χ3v) is 5.66. The van der Waals surface area contributed by atoms with Gasteiger partial charge in [0.2, 0.25) is 0 Å². The molecule has 0 radical (unpaired) electrons. The fourth-order valence-corrected chi connectivity index (χ4v) is 3.72. The first-order chi connectivity index (χ1) is 14.2. The van der Waals surface area contributed by atoms with Crippen LogP contribution >= 0.6 is 0 Å². The van der Waals surface area contributed by atoms with E-state index in [0.29, 0.717) is 6.61 Å². The predicted molar refractivity (Wildman–Crippen MR) is 118 cm³/mol. The van der Waals surface area contributed by atoms with Crippen LogP contribution in [-0.4, -0.2) is 59.6 Å². The molecule has 172 valence electrons. The van der Waals surface area contributed by atoms with Gasteiger partial charge in [-0.2, -0.15) is 0 Å². The Kier molecular flexibility index (Phi) is 16.8. The van der Waals surface area contributed by atoms with Crippen molar-refractivity contribution in [1.29, 1.82) is 0 Å². The van der Waals surface area contributed by atoms with Gasteiger partial charge in [-0.1, -0.05) is 76.9 Å². The zero-order chi connectivity index (χ0) is 21.2. The molecule has 0 aromatic rings. The van der Waals surface area contributed by atoms with Crippen molar-refractivity contribution in [2.75, 3.05) is 19.8 Å². The largest absolute Gasteiger partial charge is 0.388 e. The summed E-state index contributed by atoms with van der Waals surface area (Å²) in [5.74, 6) is 0. The lowest BCUT2D eigenvalue weighted by atomic mass is 10.1. The van der Waals surface area contributed by atoms with Gasteiger partial charge in [0.05, 0.1) is 13.2 Å². The Morgan fingerprint density at radius 3 is 1.97 bits per heavy atom. The smallest absolute Gasteiger partial charge is 0.114 e. The molecule has 1 aliphatic heterocycles. The van der Waals surface area contributed by atoms with E-state index in [4.69, 9.17) is 9.47 Å². The second-order valence-electron chi connectivity index (χ2n) is 8.44. The van der Waals surface area contributed by atoms with Gasteiger partial charge in [0.1, 0.15) is 24.4 Å². The topological polar surface area (TPSA) is 79.2 Å². The van der Waals surface area contributed by atoms with Gasteiger partial charge >= 0.3 is 0 Å². The number of ether oxygens (including phenoxy) is 2. The minimum Gasteiger partial charge on any atom is -0.388 e. The van der Waals surface area contributed by atoms with Gasteiger partial charge in [-0.3, -0.25) is 0 Å². The van der Waals surface area contributed by atoms with Gasteiger partial charge in [0.15, 0.2) is 0 Å². The standard InChI is InChI=1S/C24H46O5/c1-2-3-4-5-6-7-8-9-10-11-12-13-14-15-16-17-18-28-19-22(26)24-23(27)21(25)20-29-24/h13-14,21-27H,2-12,15-20H2,1H3/b14-13+/t21-,22+,23+,24+/m0/s1. The van der Waals surface area contributed by atoms with Crippen molar-refractivity contribution in [3.63, 3.8) is 0 Å². The van der Waals surface area contributed by atoms with Gasteiger partial charge < -0.3 is 24.8 Å². The molecule has 1 rings (SSSR count). The monoisotopic (exact) mass is 414 g/mol. The number of hydrogen-bond donors (Lipinski definition) is 3. The van der Waals surface area contributed by atoms with E-state index in [1.54, 1.807) is 0 Å². The maximum absolute atomic E-state index is 9.94. The molecule has 0 unspecified atom stereocenters. The van der Waals surface area contributed by atoms with Gasteiger partial charge in [-0.15, -0.1) is 0 Å². The maximum Gasteiger partial charge on any atom is 0.114 e. The molecule has 4 atom stereocenters. The third kappa shape index (κ3) is 13.5. The van der Waals surface area contributed by atoms with Crippen LogP contribution in [0.3, 0.4) is 0 Å². The van der Waals surface area contributed by atoms with Gasteiger partial charge in [0.25, 0.3) is 0 Å². The minimum atomic E-state index is -1.03. The number of rotatable bonds is 19. The molecule has 0 aliphatic carbocycles. The van der Waals surface area contributed by atoms with Crippen LogP contribution in [0.15, 0.2) is 12.2 Å². The van der Waals surface area contributed by atoms with E-state index in [0.717, 1.165) is 19.3 Å². The molecule has 1 heterocycles. The summed E-state index contributed by atoms with van der Waals surface area (Å²) < 4.78 is 10.7. The molecular weight excluding hydrogens is 368 g/mol. The van der Waals surface area contributed by atoms with Crippen LogP contribution in [0.1, 0.15) is 96.8 Å². The Bertz CT molecular complexity index is 387. The summed E-state index contributed by atoms with van der Waals surface area (Å²) in [5.41, 5.74) is 0. The van der Waals surface area contributed by atoms with Crippen LogP contribution < -0.4 is 0 Å². The SMILES string of the molecule is CCCCCCCCCCCC/C=C/CCCCOC[C@@H](O)[C@H]1OC[C@H](O)[C@H]1O. The molecule has 3 N–H and O–H groups in total. The highest BCUT2D eigenvalue weighted by atomic mass is 16.5. The van der Waals surface area contributed by atoms with E-state index in [-0.39, 0.29) is 13.2 Å². The number of hydrogen-bond acceptors (Lipinski definition) is 5. The van der Waals surface area contributed by atoms with Crippen molar-refractivity contribution in [3.05, 3.63) is 12.2 Å². The lowest BCUT2D eigenvalue weighted by molar-refractivity contribution is -0.0813. The summed E-state index contributed by atoms with van der Waals surface area (Å²) in [6.07, 6.45) is 19.1. The van der Waals surface area contributed by atoms with E-state index in [1.165, 1.54) is 70.6 Å². The molecule has 0 amide bonds. The average Bonchev–Trinajstić information content (AvgIpc) is 3.05. The summed E-state index contributed by atoms with van der Waals surface area (Å²) in [4.78, 5) is 0. The first-order valence-corrected chi connectivity index (χ1v) is 12.0. The van der Waals surface area contributed by atoms with Crippen molar-refractivity contribution in [2.45, 2.75) is 121 Å². The van der Waals surface area contributed by atoms with E-state index in [1.807, 2.05) is 0 Å². The molecule has 5 nitrogen and oxygen atoms in total. The Hall–Kier alpha value is -0.460. The molecule has 1 aliphatic rings. The van der Waals surface area contributed by atoms with Crippen LogP contribution in [0.5, 0.6) is 0 Å². The zero-order valence-electron chi connectivity index (χ0n) is 18.6. The first kappa shape index (κ1) is 26.6. The minimum absolute atomic E-state index is 0.0638. The second-order valence-corrected chi connectivity index (χ2v) is 8.44. The normalized spacial score (nSPS) is 23.2. The lowest BCUT2D eigenvalue weighted by Crippen LogP contribution is -2.40. The van der Waals surface area contributed by atoms with Crippen molar-refractivity contribution in [3.8, 4) is 0 Å². The van der Waals surface area contributed by atoms with E-state index >= 15 is 0 Å². The fraction of sp³-hybridized carbons (Fsp3) is 0.917. The lowest BCUT2D eigenvalue weighted by Gasteiger charge is -2.20. The molecule has 0 saturated carbocycles. The van der Waals surface area contributed by atoms with Crippen LogP contribution in [0.4, 0.5) is 0 Å². The van der Waals surface area contributed by atoms with E-state index < -0.39 is 24.4 Å². The second kappa shape index (κ2) is 18.3. The number of allylic oxidation sites excluding steroid dienone is 2. The van der Waals surface area contributed by atoms with E-state index in [2.05, 4.69) is 19.1 Å². The summed E-state index contributed by atoms with van der Waals surface area (Å²) in [7, 11) is 0. The van der Waals surface area contributed by atoms with Gasteiger partial charge in [-0.05, 0) is 32.1 Å². The number of aliphatic hydroxyl groups is 3. The summed E-state index contributed by atoms with van der Waals surface area (Å²) in [5, 5.41) is 29.0. The number of aliphatic hydroxyl groups excluding tert-OH is 3. The van der Waals surface area contributed by atoms with Crippen molar-refractivity contribution in [1.82, 2.24) is 0 Å². The molecule has 0 aromatic carbocycles. The molecule has 1 saturated heterocycles. The van der Waals surface area contributed by atoms with Gasteiger partial charge in [-0.25, -0.2) is 0 Å². The maximum atomic E-state index is 9.94. The molecule has 0 bridgehead atoms. The van der Waals surface area contributed by atoms with Crippen molar-refractivity contribution >= 4 is 0 Å². The highest BCUT2D eigenvalue weighted by Crippen LogP contribution is 2.18. The first-order valence-electron chi connectivity index (χ1n) is 12.0. The Morgan fingerprint density at radius 2 is 1.41 bits per heavy atom. The Morgan fingerprint density at radius 1 is 0.862 bits per heavy atom. The highest BCUT2D eigenvalue weighted by molar-refractivity contribution is 4.87. The summed E-state index contributed by atoms with van der Waals surface area (Å²) >= 11 is 0. The van der Waals surface area contributed by atoms with Crippen LogP contribution in [0.25, 0.3) is 0 Å². The zero-order valence-corrected chi connectivity index (χ0v) is 18.6. The van der Waals surface area contributed by atoms with Crippen molar-refractivity contribution < 1.29 is 24.8 Å². The quantitative estimate of drug-likeness (QED) is 0.214. The third-order valence-electron chi connectivity index (χ3n) is 5.66. The number of unbranched alkanes of at least 4 members (excludes halogenated alkanes) is 12. The summed E-state index contributed by atoms with van der Waals surface area (Å²) in [6, 6.07) is 0. The van der Waals surface area contributed by atoms with Crippen LogP contribution in [0.2, 0.25) is 0 Å². The highest BCUT2D eigenvalue weighted by Gasteiger charge is 2.39. The van der Waals surface area contributed by atoms with Crippen LogP contribution in [0, 0.1) is 0 Å². The van der Waals surface area contributed by atoms with Gasteiger partial charge in [0, 0.05) is 6.61 Å². The summed E-state index contributed by atoms with van der Waals surface area (Å²) in [6.45, 7) is 3.05. The molecule has 1 fully saturated rings. The molecule has 0 spiro atoms. The van der Waals surface area contributed by atoms with Crippen LogP contribution in [-0.2, 0) is 9.47 Å². The molecule has 5 heteroatoms. The Labute approximate surface area is 178 Å². The molecule has 0 aromatic heterocycles. The van der Waals surface area contributed by atoms with E-state index in [9.17, 15) is 15.3 Å². The average molecular weight is 415 g/mol.